The predicted molar refractivity (Wildman–Crippen MR) is 66.5 cm³/mol. The molecule has 1 aromatic rings. The highest BCUT2D eigenvalue weighted by Crippen LogP contribution is 2.22. The minimum atomic E-state index is -1.07. The highest BCUT2D eigenvalue weighted by atomic mass is 35.5. The maximum atomic E-state index is 11.8. The highest BCUT2D eigenvalue weighted by Gasteiger charge is 2.25. The van der Waals surface area contributed by atoms with Crippen molar-refractivity contribution < 1.29 is 15.0 Å². The van der Waals surface area contributed by atoms with Gasteiger partial charge in [0.1, 0.15) is 0 Å². The van der Waals surface area contributed by atoms with E-state index in [1.165, 1.54) is 25.1 Å². The highest BCUT2D eigenvalue weighted by molar-refractivity contribution is 6.42. The van der Waals surface area contributed by atoms with Crippen molar-refractivity contribution in [3.8, 4) is 0 Å². The van der Waals surface area contributed by atoms with Gasteiger partial charge in [-0.2, -0.15) is 0 Å². The molecule has 0 saturated carbocycles. The summed E-state index contributed by atoms with van der Waals surface area (Å²) >= 11 is 11.5. The van der Waals surface area contributed by atoms with Crippen LogP contribution in [0.1, 0.15) is 17.3 Å². The Balaban J connectivity index is 2.86. The summed E-state index contributed by atoms with van der Waals surface area (Å²) in [6.07, 6.45) is 0. The molecule has 3 N–H and O–H groups in total. The average Bonchev–Trinajstić information content (AvgIpc) is 2.32. The molecule has 0 heterocycles. The largest absolute Gasteiger partial charge is 0.394 e. The Morgan fingerprint density at radius 1 is 1.29 bits per heavy atom. The van der Waals surface area contributed by atoms with Crippen LogP contribution in [0.4, 0.5) is 0 Å². The van der Waals surface area contributed by atoms with Crippen molar-refractivity contribution >= 4 is 29.1 Å². The summed E-state index contributed by atoms with van der Waals surface area (Å²) in [4.78, 5) is 11.8. The van der Waals surface area contributed by atoms with Gasteiger partial charge in [0.2, 0.25) is 0 Å². The number of amides is 1. The van der Waals surface area contributed by atoms with Gasteiger partial charge in [0.15, 0.2) is 0 Å². The van der Waals surface area contributed by atoms with Gasteiger partial charge in [-0.25, -0.2) is 0 Å². The topological polar surface area (TPSA) is 69.6 Å². The van der Waals surface area contributed by atoms with Gasteiger partial charge in [-0.1, -0.05) is 23.2 Å². The molecule has 0 saturated heterocycles. The van der Waals surface area contributed by atoms with Crippen LogP contribution in [-0.2, 0) is 0 Å². The molecule has 1 aromatic carbocycles. The maximum absolute atomic E-state index is 11.8. The van der Waals surface area contributed by atoms with Gasteiger partial charge >= 0.3 is 0 Å². The smallest absolute Gasteiger partial charge is 0.251 e. The second-order valence-corrected chi connectivity index (χ2v) is 4.77. The van der Waals surface area contributed by atoms with E-state index >= 15 is 0 Å². The van der Waals surface area contributed by atoms with Crippen molar-refractivity contribution in [2.24, 2.45) is 0 Å². The third kappa shape index (κ3) is 3.57. The zero-order chi connectivity index (χ0) is 13.1. The molecule has 6 heteroatoms. The fourth-order valence-corrected chi connectivity index (χ4v) is 1.41. The van der Waals surface area contributed by atoms with Crippen LogP contribution in [0.15, 0.2) is 18.2 Å². The molecule has 17 heavy (non-hydrogen) atoms. The van der Waals surface area contributed by atoms with Crippen LogP contribution >= 0.6 is 23.2 Å². The third-order valence-electron chi connectivity index (χ3n) is 2.30. The maximum Gasteiger partial charge on any atom is 0.251 e. The molecule has 1 rings (SSSR count). The van der Waals surface area contributed by atoms with Crippen molar-refractivity contribution in [3.63, 3.8) is 0 Å². The summed E-state index contributed by atoms with van der Waals surface area (Å²) in [5, 5.41) is 21.3. The van der Waals surface area contributed by atoms with Gasteiger partial charge in [0.05, 0.1) is 28.8 Å². The van der Waals surface area contributed by atoms with Crippen molar-refractivity contribution in [2.45, 2.75) is 12.5 Å². The first-order valence-electron chi connectivity index (χ1n) is 4.91. The number of hydrogen-bond acceptors (Lipinski definition) is 3. The molecule has 0 bridgehead atoms. The Morgan fingerprint density at radius 3 is 2.35 bits per heavy atom. The lowest BCUT2D eigenvalue weighted by Crippen LogP contribution is -2.51. The molecule has 1 amide bonds. The summed E-state index contributed by atoms with van der Waals surface area (Å²) in [5.41, 5.74) is -0.754. The van der Waals surface area contributed by atoms with Gasteiger partial charge < -0.3 is 15.5 Å². The Kier molecular flexibility index (Phi) is 4.77. The first kappa shape index (κ1) is 14.3. The van der Waals surface area contributed by atoms with Crippen LogP contribution in [0.3, 0.4) is 0 Å². The molecule has 0 radical (unpaired) electrons. The lowest BCUT2D eigenvalue weighted by molar-refractivity contribution is 0.0724. The van der Waals surface area contributed by atoms with Crippen LogP contribution in [-0.4, -0.2) is 34.9 Å². The molecule has 0 fully saturated rings. The monoisotopic (exact) mass is 277 g/mol. The van der Waals surface area contributed by atoms with Crippen molar-refractivity contribution in [1.82, 2.24) is 5.32 Å². The number of aliphatic hydroxyl groups excluding tert-OH is 2. The Hall–Kier alpha value is -0.810. The van der Waals surface area contributed by atoms with E-state index < -0.39 is 11.4 Å². The SMILES string of the molecule is CC(CO)(CO)NC(=O)c1ccc(Cl)c(Cl)c1. The van der Waals surface area contributed by atoms with Crippen LogP contribution in [0.5, 0.6) is 0 Å². The van der Waals surface area contributed by atoms with E-state index in [4.69, 9.17) is 33.4 Å². The number of nitrogens with one attached hydrogen (secondary N) is 1. The van der Waals surface area contributed by atoms with E-state index in [-0.39, 0.29) is 18.2 Å². The summed E-state index contributed by atoms with van der Waals surface area (Å²) < 4.78 is 0. The van der Waals surface area contributed by atoms with Crippen molar-refractivity contribution in [2.75, 3.05) is 13.2 Å². The van der Waals surface area contributed by atoms with Gasteiger partial charge in [-0.3, -0.25) is 4.79 Å². The molecule has 0 unspecified atom stereocenters. The quantitative estimate of drug-likeness (QED) is 0.781. The van der Waals surface area contributed by atoms with Gasteiger partial charge in [-0.15, -0.1) is 0 Å². The van der Waals surface area contributed by atoms with Crippen LogP contribution in [0.2, 0.25) is 10.0 Å². The fourth-order valence-electron chi connectivity index (χ4n) is 1.11. The lowest BCUT2D eigenvalue weighted by atomic mass is 10.0. The van der Waals surface area contributed by atoms with Crippen molar-refractivity contribution in [1.29, 1.82) is 0 Å². The third-order valence-corrected chi connectivity index (χ3v) is 3.03. The number of aliphatic hydroxyl groups is 2. The molecule has 0 atom stereocenters. The molecule has 0 aromatic heterocycles. The normalized spacial score (nSPS) is 11.4. The number of halogens is 2. The second kappa shape index (κ2) is 5.69. The van der Waals surface area contributed by atoms with Crippen LogP contribution in [0, 0.1) is 0 Å². The first-order chi connectivity index (χ1) is 7.91. The van der Waals surface area contributed by atoms with Gasteiger partial charge in [0.25, 0.3) is 5.91 Å². The molecule has 4 nitrogen and oxygen atoms in total. The fraction of sp³-hybridized carbons (Fsp3) is 0.364. The van der Waals surface area contributed by atoms with Crippen LogP contribution in [0.25, 0.3) is 0 Å². The summed E-state index contributed by atoms with van der Waals surface area (Å²) in [6, 6.07) is 4.45. The summed E-state index contributed by atoms with van der Waals surface area (Å²) in [6.45, 7) is 0.801. The zero-order valence-electron chi connectivity index (χ0n) is 9.20. The standard InChI is InChI=1S/C11H13Cl2NO3/c1-11(5-15,6-16)14-10(17)7-2-3-8(12)9(13)4-7/h2-4,15-16H,5-6H2,1H3,(H,14,17). The van der Waals surface area contributed by atoms with E-state index in [9.17, 15) is 4.79 Å². The predicted octanol–water partition coefficient (Wildman–Crippen LogP) is 1.47. The second-order valence-electron chi connectivity index (χ2n) is 3.96. The van der Waals surface area contributed by atoms with E-state index in [2.05, 4.69) is 5.32 Å². The molecule has 0 spiro atoms. The number of benzene rings is 1. The average molecular weight is 278 g/mol. The molecular weight excluding hydrogens is 265 g/mol. The summed E-state index contributed by atoms with van der Waals surface area (Å²) in [5.74, 6) is -0.436. The molecule has 0 aliphatic heterocycles. The molecule has 0 aliphatic carbocycles. The van der Waals surface area contributed by atoms with Gasteiger partial charge in [0, 0.05) is 5.56 Å². The van der Waals surface area contributed by atoms with Gasteiger partial charge in [-0.05, 0) is 25.1 Å². The molecule has 94 valence electrons. The minimum Gasteiger partial charge on any atom is -0.394 e. The first-order valence-corrected chi connectivity index (χ1v) is 5.67. The van der Waals surface area contributed by atoms with E-state index in [1.807, 2.05) is 0 Å². The van der Waals surface area contributed by atoms with E-state index in [0.29, 0.717) is 10.6 Å². The lowest BCUT2D eigenvalue weighted by Gasteiger charge is -2.26. The molecule has 0 aliphatic rings. The van der Waals surface area contributed by atoms with E-state index in [1.54, 1.807) is 0 Å². The van der Waals surface area contributed by atoms with Crippen LogP contribution < -0.4 is 5.32 Å². The zero-order valence-corrected chi connectivity index (χ0v) is 10.7. The van der Waals surface area contributed by atoms with E-state index in [0.717, 1.165) is 0 Å². The Bertz CT molecular complexity index is 419. The number of carbonyl (C=O) groups is 1. The Labute approximate surface area is 109 Å². The minimum absolute atomic E-state index is 0.272. The Morgan fingerprint density at radius 2 is 1.88 bits per heavy atom. The number of carbonyl (C=O) groups excluding carboxylic acids is 1. The molecular formula is C11H13Cl2NO3. The summed E-state index contributed by atoms with van der Waals surface area (Å²) in [7, 11) is 0. The number of rotatable bonds is 4. The number of hydrogen-bond donors (Lipinski definition) is 3. The van der Waals surface area contributed by atoms with Crippen molar-refractivity contribution in [3.05, 3.63) is 33.8 Å².